The first kappa shape index (κ1) is 22.3. The van der Waals surface area contributed by atoms with Crippen molar-refractivity contribution >= 4 is 28.5 Å². The van der Waals surface area contributed by atoms with Gasteiger partial charge in [-0.1, -0.05) is 24.3 Å². The lowest BCUT2D eigenvalue weighted by molar-refractivity contribution is -0.128. The first-order valence-corrected chi connectivity index (χ1v) is 12.8. The third kappa shape index (κ3) is 4.64. The molecule has 2 aromatic rings. The van der Waals surface area contributed by atoms with Crippen molar-refractivity contribution in [3.63, 3.8) is 0 Å². The van der Waals surface area contributed by atoms with E-state index in [1.165, 1.54) is 65.9 Å². The molecule has 1 heterocycles. The zero-order valence-electron chi connectivity index (χ0n) is 18.7. The van der Waals surface area contributed by atoms with E-state index in [2.05, 4.69) is 29.2 Å². The van der Waals surface area contributed by atoms with Crippen molar-refractivity contribution < 1.29 is 19.9 Å². The van der Waals surface area contributed by atoms with Crippen molar-refractivity contribution in [3.05, 3.63) is 46.5 Å². The lowest BCUT2D eigenvalue weighted by Crippen LogP contribution is -2.48. The van der Waals surface area contributed by atoms with Crippen molar-refractivity contribution in [1.82, 2.24) is 10.5 Å². The number of carbonyl (C=O) groups excluding carboxylic acids is 1. The summed E-state index contributed by atoms with van der Waals surface area (Å²) in [5, 5.41) is 20.3. The predicted octanol–water partition coefficient (Wildman–Crippen LogP) is 4.78. The molecule has 176 valence electrons. The molecule has 8 heteroatoms. The third-order valence-electron chi connectivity index (χ3n) is 7.92. The minimum Gasteiger partial charge on any atom is -0.465 e. The molecule has 2 amide bonds. The van der Waals surface area contributed by atoms with E-state index in [4.69, 9.17) is 5.21 Å². The van der Waals surface area contributed by atoms with Gasteiger partial charge in [0.15, 0.2) is 5.13 Å². The average molecular weight is 470 g/mol. The van der Waals surface area contributed by atoms with Crippen LogP contribution in [-0.2, 0) is 23.1 Å². The van der Waals surface area contributed by atoms with Gasteiger partial charge in [-0.25, -0.2) is 15.3 Å². The molecule has 0 saturated heterocycles. The van der Waals surface area contributed by atoms with Crippen LogP contribution >= 0.6 is 11.3 Å². The lowest BCUT2D eigenvalue weighted by atomic mass is 9.48. The molecule has 0 aliphatic heterocycles. The van der Waals surface area contributed by atoms with Crippen molar-refractivity contribution in [1.29, 1.82) is 0 Å². The van der Waals surface area contributed by atoms with Crippen molar-refractivity contribution in [2.24, 2.45) is 17.8 Å². The van der Waals surface area contributed by atoms with Gasteiger partial charge in [0.1, 0.15) is 0 Å². The van der Waals surface area contributed by atoms with Gasteiger partial charge < -0.3 is 5.11 Å². The van der Waals surface area contributed by atoms with Gasteiger partial charge >= 0.3 is 6.09 Å². The highest BCUT2D eigenvalue weighted by atomic mass is 32.1. The molecule has 4 fully saturated rings. The second-order valence-corrected chi connectivity index (χ2v) is 11.1. The number of anilines is 1. The van der Waals surface area contributed by atoms with E-state index < -0.39 is 12.0 Å². The van der Waals surface area contributed by atoms with Crippen LogP contribution < -0.4 is 10.4 Å². The second-order valence-electron chi connectivity index (χ2n) is 10.3. The zero-order valence-corrected chi connectivity index (χ0v) is 19.5. The van der Waals surface area contributed by atoms with Crippen molar-refractivity contribution in [2.75, 3.05) is 11.4 Å². The van der Waals surface area contributed by atoms with Gasteiger partial charge in [0.25, 0.3) is 0 Å². The highest BCUT2D eigenvalue weighted by Gasteiger charge is 2.51. The largest absolute Gasteiger partial charge is 0.465 e. The monoisotopic (exact) mass is 469 g/mol. The van der Waals surface area contributed by atoms with Crippen molar-refractivity contribution in [2.45, 2.75) is 63.2 Å². The molecule has 6 rings (SSSR count). The number of nitrogens with one attached hydrogen (secondary N) is 1. The molecule has 0 atom stereocenters. The summed E-state index contributed by atoms with van der Waals surface area (Å²) < 4.78 is 0. The normalized spacial score (nSPS) is 27.5. The summed E-state index contributed by atoms with van der Waals surface area (Å²) in [6.07, 6.45) is 8.79. The zero-order chi connectivity index (χ0) is 23.0. The summed E-state index contributed by atoms with van der Waals surface area (Å²) in [5.74, 6) is 2.22. The highest BCUT2D eigenvalue weighted by Crippen LogP contribution is 2.60. The topological polar surface area (TPSA) is 103 Å². The molecule has 0 unspecified atom stereocenters. The summed E-state index contributed by atoms with van der Waals surface area (Å²) in [4.78, 5) is 28.5. The van der Waals surface area contributed by atoms with E-state index in [9.17, 15) is 14.7 Å². The number of aryl methyl sites for hydroxylation is 1. The van der Waals surface area contributed by atoms with Gasteiger partial charge in [-0.05, 0) is 85.7 Å². The molecule has 4 aliphatic rings. The number of nitrogens with zero attached hydrogens (tertiary/aromatic N) is 2. The Morgan fingerprint density at radius 1 is 1.09 bits per heavy atom. The summed E-state index contributed by atoms with van der Waals surface area (Å²) in [6.45, 7) is 0.339. The molecular formula is C25H31N3O4S. The van der Waals surface area contributed by atoms with Crippen LogP contribution in [0.3, 0.4) is 0 Å². The first-order valence-electron chi connectivity index (χ1n) is 11.9. The minimum atomic E-state index is -1.06. The molecule has 33 heavy (non-hydrogen) atoms. The smallest absolute Gasteiger partial charge is 0.413 e. The molecule has 4 bridgehead atoms. The molecule has 1 aromatic carbocycles. The number of rotatable bonds is 8. The molecular weight excluding hydrogens is 438 g/mol. The predicted molar refractivity (Wildman–Crippen MR) is 126 cm³/mol. The Balaban J connectivity index is 1.18. The van der Waals surface area contributed by atoms with Crippen LogP contribution in [0.2, 0.25) is 0 Å². The number of carboxylic acid groups (broad SMARTS) is 1. The van der Waals surface area contributed by atoms with Crippen LogP contribution in [0.1, 0.15) is 61.8 Å². The number of thiazole rings is 1. The Hall–Kier alpha value is -2.45. The number of hydroxylamine groups is 1. The Bertz CT molecular complexity index is 984. The van der Waals surface area contributed by atoms with E-state index in [-0.39, 0.29) is 6.42 Å². The maximum atomic E-state index is 11.8. The van der Waals surface area contributed by atoms with Gasteiger partial charge in [0.2, 0.25) is 5.91 Å². The fourth-order valence-corrected chi connectivity index (χ4v) is 7.75. The lowest BCUT2D eigenvalue weighted by Gasteiger charge is -2.57. The van der Waals surface area contributed by atoms with Crippen LogP contribution in [0.25, 0.3) is 0 Å². The van der Waals surface area contributed by atoms with Crippen LogP contribution in [-0.4, -0.2) is 33.8 Å². The van der Waals surface area contributed by atoms with Gasteiger partial charge in [0.05, 0.1) is 12.1 Å². The van der Waals surface area contributed by atoms with Gasteiger partial charge in [-0.2, -0.15) is 0 Å². The quantitative estimate of drug-likeness (QED) is 0.382. The number of aromatic nitrogens is 1. The van der Waals surface area contributed by atoms with Gasteiger partial charge in [-0.3, -0.25) is 14.9 Å². The first-order chi connectivity index (χ1) is 15.9. The van der Waals surface area contributed by atoms with Crippen LogP contribution in [0.4, 0.5) is 9.93 Å². The summed E-state index contributed by atoms with van der Waals surface area (Å²) in [5.41, 5.74) is 5.15. The van der Waals surface area contributed by atoms with Crippen molar-refractivity contribution in [3.8, 4) is 0 Å². The highest BCUT2D eigenvalue weighted by molar-refractivity contribution is 7.14. The molecule has 1 aromatic heterocycles. The molecule has 4 saturated carbocycles. The Labute approximate surface area is 197 Å². The average Bonchev–Trinajstić information content (AvgIpc) is 3.23. The molecule has 0 spiro atoms. The molecule has 0 radical (unpaired) electrons. The Morgan fingerprint density at radius 3 is 2.30 bits per heavy atom. The van der Waals surface area contributed by atoms with E-state index in [1.807, 2.05) is 0 Å². The maximum Gasteiger partial charge on any atom is 0.413 e. The summed E-state index contributed by atoms with van der Waals surface area (Å²) in [6, 6.07) is 9.12. The van der Waals surface area contributed by atoms with Gasteiger partial charge in [0, 0.05) is 11.9 Å². The molecule has 4 aliphatic carbocycles. The third-order valence-corrected chi connectivity index (χ3v) is 8.83. The standard InChI is InChI=1S/C25H31N3O4S/c29-22(27-32)11-21-15-33-23(26-21)28(24(30)31)7-1-2-16-3-5-20(6-4-16)25-12-17-8-18(13-25)10-19(9-17)14-25/h3-6,15,17-19,32H,1-2,7-14H2,(H,27,29)(H,30,31). The second kappa shape index (κ2) is 9.06. The van der Waals surface area contributed by atoms with Crippen LogP contribution in [0.15, 0.2) is 29.6 Å². The molecule has 7 nitrogen and oxygen atoms in total. The number of hydrogen-bond donors (Lipinski definition) is 3. The fourth-order valence-electron chi connectivity index (χ4n) is 6.91. The summed E-state index contributed by atoms with van der Waals surface area (Å²) >= 11 is 1.19. The van der Waals surface area contributed by atoms with Crippen LogP contribution in [0.5, 0.6) is 0 Å². The Morgan fingerprint density at radius 2 is 1.73 bits per heavy atom. The maximum absolute atomic E-state index is 11.8. The van der Waals surface area contributed by atoms with Gasteiger partial charge in [-0.15, -0.1) is 11.3 Å². The van der Waals surface area contributed by atoms with E-state index in [0.717, 1.165) is 24.2 Å². The number of hydrogen-bond acceptors (Lipinski definition) is 5. The summed E-state index contributed by atoms with van der Waals surface area (Å²) in [7, 11) is 0. The Kier molecular flexibility index (Phi) is 6.14. The van der Waals surface area contributed by atoms with E-state index >= 15 is 0 Å². The fraction of sp³-hybridized carbons (Fsp3) is 0.560. The SMILES string of the molecule is O=C(Cc1csc(N(CCCc2ccc(C34CC5CC(CC(C5)C3)C4)cc2)C(=O)O)n1)NO. The number of benzene rings is 1. The number of carbonyl (C=O) groups is 2. The van der Waals surface area contributed by atoms with E-state index in [0.29, 0.717) is 29.2 Å². The number of amides is 2. The van der Waals surface area contributed by atoms with E-state index in [1.54, 1.807) is 10.9 Å². The van der Waals surface area contributed by atoms with Crippen LogP contribution in [0, 0.1) is 17.8 Å². The molecule has 3 N–H and O–H groups in total. The minimum absolute atomic E-state index is 0.0868.